The number of carbonyl (C=O) groups excluding carboxylic acids is 1. The van der Waals surface area contributed by atoms with Crippen LogP contribution in [0.3, 0.4) is 0 Å². The van der Waals surface area contributed by atoms with Gasteiger partial charge in [-0.15, -0.1) is 0 Å². The molecule has 1 aliphatic rings. The fourth-order valence-electron chi connectivity index (χ4n) is 2.79. The van der Waals surface area contributed by atoms with Crippen LogP contribution >= 0.6 is 0 Å². The highest BCUT2D eigenvalue weighted by atomic mass is 16.1. The minimum absolute atomic E-state index is 0.0159. The maximum atomic E-state index is 11.7. The summed E-state index contributed by atoms with van der Waals surface area (Å²) in [6.45, 7) is 5.53. The number of pyridine rings is 1. The van der Waals surface area contributed by atoms with Crippen LogP contribution in [0.4, 0.5) is 17.5 Å². The summed E-state index contributed by atoms with van der Waals surface area (Å²) in [5.74, 6) is 1.72. The lowest BCUT2D eigenvalue weighted by molar-refractivity contribution is -0.116. The van der Waals surface area contributed by atoms with Crippen molar-refractivity contribution < 1.29 is 4.79 Å². The maximum Gasteiger partial charge on any atom is 0.225 e. The minimum atomic E-state index is 0.0159. The van der Waals surface area contributed by atoms with Gasteiger partial charge in [-0.1, -0.05) is 19.4 Å². The first kappa shape index (κ1) is 17.1. The van der Waals surface area contributed by atoms with E-state index >= 15 is 0 Å². The van der Waals surface area contributed by atoms with E-state index in [0.29, 0.717) is 18.1 Å². The molecule has 1 amide bonds. The third-order valence-corrected chi connectivity index (χ3v) is 4.22. The third kappa shape index (κ3) is 4.65. The quantitative estimate of drug-likeness (QED) is 0.870. The Labute approximate surface area is 148 Å². The van der Waals surface area contributed by atoms with Gasteiger partial charge in [0.25, 0.3) is 0 Å². The van der Waals surface area contributed by atoms with Crippen molar-refractivity contribution in [2.75, 3.05) is 41.3 Å². The van der Waals surface area contributed by atoms with Crippen LogP contribution in [-0.2, 0) is 4.79 Å². The number of aromatic nitrogens is 3. The van der Waals surface area contributed by atoms with E-state index in [2.05, 4.69) is 37.0 Å². The molecule has 25 heavy (non-hydrogen) atoms. The summed E-state index contributed by atoms with van der Waals surface area (Å²) < 4.78 is 0. The monoisotopic (exact) mass is 340 g/mol. The van der Waals surface area contributed by atoms with Gasteiger partial charge >= 0.3 is 0 Å². The van der Waals surface area contributed by atoms with E-state index in [1.165, 1.54) is 0 Å². The van der Waals surface area contributed by atoms with Crippen molar-refractivity contribution in [1.82, 2.24) is 15.0 Å². The van der Waals surface area contributed by atoms with Crippen molar-refractivity contribution in [1.29, 1.82) is 0 Å². The molecular formula is C18H24N6O. The van der Waals surface area contributed by atoms with Gasteiger partial charge in [-0.25, -0.2) is 15.0 Å². The summed E-state index contributed by atoms with van der Waals surface area (Å²) in [6.07, 6.45) is 7.61. The van der Waals surface area contributed by atoms with E-state index in [-0.39, 0.29) is 5.91 Å². The highest BCUT2D eigenvalue weighted by Gasteiger charge is 2.19. The van der Waals surface area contributed by atoms with Crippen molar-refractivity contribution in [3.8, 4) is 0 Å². The topological polar surface area (TPSA) is 74.2 Å². The van der Waals surface area contributed by atoms with E-state index < -0.39 is 0 Å². The molecule has 0 unspecified atom stereocenters. The number of hydrogen-bond donors (Lipinski definition) is 1. The number of hydrogen-bond acceptors (Lipinski definition) is 6. The predicted octanol–water partition coefficient (Wildman–Crippen LogP) is 2.33. The highest BCUT2D eigenvalue weighted by molar-refractivity contribution is 5.90. The zero-order valence-electron chi connectivity index (χ0n) is 14.6. The number of anilines is 3. The number of nitrogens with zero attached hydrogens (tertiary/aromatic N) is 5. The molecule has 2 aromatic rings. The Balaban J connectivity index is 1.52. The van der Waals surface area contributed by atoms with Gasteiger partial charge in [0.2, 0.25) is 11.9 Å². The number of carbonyl (C=O) groups is 1. The van der Waals surface area contributed by atoms with Crippen LogP contribution in [-0.4, -0.2) is 47.0 Å². The van der Waals surface area contributed by atoms with Crippen LogP contribution in [0.5, 0.6) is 0 Å². The number of rotatable bonds is 6. The lowest BCUT2D eigenvalue weighted by Crippen LogP contribution is -2.47. The average Bonchev–Trinajstić information content (AvgIpc) is 2.68. The van der Waals surface area contributed by atoms with Gasteiger partial charge in [-0.2, -0.15) is 0 Å². The summed E-state index contributed by atoms with van der Waals surface area (Å²) in [5.41, 5.74) is 0.650. The number of piperazine rings is 1. The molecule has 3 heterocycles. The van der Waals surface area contributed by atoms with E-state index in [9.17, 15) is 4.79 Å². The van der Waals surface area contributed by atoms with Crippen molar-refractivity contribution >= 4 is 23.4 Å². The fourth-order valence-corrected chi connectivity index (χ4v) is 2.79. The molecule has 3 rings (SSSR count). The van der Waals surface area contributed by atoms with E-state index in [0.717, 1.165) is 44.8 Å². The molecule has 0 aliphatic carbocycles. The van der Waals surface area contributed by atoms with Gasteiger partial charge in [0.15, 0.2) is 0 Å². The lowest BCUT2D eigenvalue weighted by Gasteiger charge is -2.35. The Morgan fingerprint density at radius 2 is 1.80 bits per heavy atom. The molecule has 132 valence electrons. The summed E-state index contributed by atoms with van der Waals surface area (Å²) in [5, 5.41) is 2.84. The Morgan fingerprint density at radius 1 is 1.08 bits per heavy atom. The van der Waals surface area contributed by atoms with Gasteiger partial charge in [0, 0.05) is 38.8 Å². The molecule has 0 saturated carbocycles. The fraction of sp³-hybridized carbons (Fsp3) is 0.444. The van der Waals surface area contributed by atoms with Crippen LogP contribution in [0.2, 0.25) is 0 Å². The van der Waals surface area contributed by atoms with Crippen molar-refractivity contribution in [3.05, 3.63) is 36.8 Å². The first-order chi connectivity index (χ1) is 12.3. The normalized spacial score (nSPS) is 14.4. The van der Waals surface area contributed by atoms with E-state index in [1.54, 1.807) is 12.4 Å². The number of amides is 1. The minimum Gasteiger partial charge on any atom is -0.353 e. The molecule has 0 bridgehead atoms. The molecule has 0 spiro atoms. The van der Waals surface area contributed by atoms with Gasteiger partial charge in [0.1, 0.15) is 5.82 Å². The molecule has 0 radical (unpaired) electrons. The van der Waals surface area contributed by atoms with Gasteiger partial charge in [0.05, 0.1) is 18.1 Å². The smallest absolute Gasteiger partial charge is 0.225 e. The predicted molar refractivity (Wildman–Crippen MR) is 98.8 cm³/mol. The Morgan fingerprint density at radius 3 is 2.44 bits per heavy atom. The molecule has 2 aromatic heterocycles. The second-order valence-electron chi connectivity index (χ2n) is 6.09. The zero-order valence-corrected chi connectivity index (χ0v) is 14.6. The summed E-state index contributed by atoms with van der Waals surface area (Å²) in [7, 11) is 0. The Hall–Kier alpha value is -2.70. The van der Waals surface area contributed by atoms with E-state index in [1.807, 2.05) is 24.4 Å². The highest BCUT2D eigenvalue weighted by Crippen LogP contribution is 2.16. The standard InChI is InChI=1S/C18H24N6O/c1-2-3-7-17(25)22-15-13-20-18(21-14-15)24-11-9-23(10-12-24)16-6-4-5-8-19-16/h4-6,8,13-14H,2-3,7,9-12H2,1H3,(H,22,25). The van der Waals surface area contributed by atoms with Crippen molar-refractivity contribution in [3.63, 3.8) is 0 Å². The molecule has 1 aliphatic heterocycles. The van der Waals surface area contributed by atoms with E-state index in [4.69, 9.17) is 0 Å². The van der Waals surface area contributed by atoms with Crippen LogP contribution < -0.4 is 15.1 Å². The zero-order chi connectivity index (χ0) is 17.5. The Kier molecular flexibility index (Phi) is 5.77. The Bertz CT molecular complexity index is 668. The first-order valence-corrected chi connectivity index (χ1v) is 8.79. The van der Waals surface area contributed by atoms with Gasteiger partial charge in [-0.05, 0) is 18.6 Å². The van der Waals surface area contributed by atoms with Gasteiger partial charge in [-0.3, -0.25) is 4.79 Å². The second kappa shape index (κ2) is 8.41. The molecule has 0 aromatic carbocycles. The molecule has 7 heteroatoms. The van der Waals surface area contributed by atoms with Crippen LogP contribution in [0.15, 0.2) is 36.8 Å². The second-order valence-corrected chi connectivity index (χ2v) is 6.09. The molecule has 1 fully saturated rings. The van der Waals surface area contributed by atoms with Crippen LogP contribution in [0.1, 0.15) is 26.2 Å². The molecule has 1 N–H and O–H groups in total. The summed E-state index contributed by atoms with van der Waals surface area (Å²) in [6, 6.07) is 5.96. The van der Waals surface area contributed by atoms with Crippen LogP contribution in [0.25, 0.3) is 0 Å². The van der Waals surface area contributed by atoms with Crippen molar-refractivity contribution in [2.24, 2.45) is 0 Å². The van der Waals surface area contributed by atoms with Gasteiger partial charge < -0.3 is 15.1 Å². The van der Waals surface area contributed by atoms with Crippen molar-refractivity contribution in [2.45, 2.75) is 26.2 Å². The lowest BCUT2D eigenvalue weighted by atomic mass is 10.2. The average molecular weight is 340 g/mol. The SMILES string of the molecule is CCCCC(=O)Nc1cnc(N2CCN(c3ccccn3)CC2)nc1. The maximum absolute atomic E-state index is 11.7. The number of nitrogens with one attached hydrogen (secondary N) is 1. The summed E-state index contributed by atoms with van der Waals surface area (Å²) >= 11 is 0. The molecule has 7 nitrogen and oxygen atoms in total. The molecular weight excluding hydrogens is 316 g/mol. The first-order valence-electron chi connectivity index (χ1n) is 8.79. The number of unbranched alkanes of at least 4 members (excludes halogenated alkanes) is 1. The van der Waals surface area contributed by atoms with Crippen LogP contribution in [0, 0.1) is 0 Å². The molecule has 1 saturated heterocycles. The largest absolute Gasteiger partial charge is 0.353 e. The summed E-state index contributed by atoms with van der Waals surface area (Å²) in [4.78, 5) is 29.4. The molecule has 0 atom stereocenters. The third-order valence-electron chi connectivity index (χ3n) is 4.22.